The van der Waals surface area contributed by atoms with E-state index in [0.717, 1.165) is 17.1 Å². The van der Waals surface area contributed by atoms with Crippen molar-refractivity contribution in [2.24, 2.45) is 0 Å². The van der Waals surface area contributed by atoms with E-state index in [1.165, 1.54) is 15.4 Å². The summed E-state index contributed by atoms with van der Waals surface area (Å²) in [7, 11) is 0. The molecule has 2 rings (SSSR count). The van der Waals surface area contributed by atoms with Crippen LogP contribution in [0.2, 0.25) is 5.02 Å². The Bertz CT molecular complexity index is 583. The van der Waals surface area contributed by atoms with Gasteiger partial charge in [-0.05, 0) is 49.7 Å². The summed E-state index contributed by atoms with van der Waals surface area (Å²) in [5.41, 5.74) is 2.45. The third-order valence-corrected chi connectivity index (χ3v) is 4.77. The number of benzene rings is 2. The van der Waals surface area contributed by atoms with Crippen molar-refractivity contribution in [2.45, 2.75) is 36.6 Å². The Morgan fingerprint density at radius 2 is 1.95 bits per heavy atom. The molecule has 0 aromatic heterocycles. The molecule has 0 heterocycles. The largest absolute Gasteiger partial charge is 0.310 e. The highest BCUT2D eigenvalue weighted by Gasteiger charge is 2.10. The molecule has 2 aromatic carbocycles. The van der Waals surface area contributed by atoms with Crippen molar-refractivity contribution < 1.29 is 0 Å². The summed E-state index contributed by atoms with van der Waals surface area (Å²) in [5, 5.41) is 4.22. The summed E-state index contributed by atoms with van der Waals surface area (Å²) in [4.78, 5) is 2.45. The van der Waals surface area contributed by atoms with Gasteiger partial charge in [0.2, 0.25) is 0 Å². The Hall–Kier alpha value is -0.960. The minimum atomic E-state index is 0.282. The van der Waals surface area contributed by atoms with E-state index in [2.05, 4.69) is 68.6 Å². The lowest BCUT2D eigenvalue weighted by Gasteiger charge is -2.15. The van der Waals surface area contributed by atoms with Gasteiger partial charge in [0.05, 0.1) is 0 Å². The highest BCUT2D eigenvalue weighted by atomic mass is 35.5. The van der Waals surface area contributed by atoms with E-state index in [9.17, 15) is 0 Å². The molecule has 0 aliphatic heterocycles. The molecule has 0 spiro atoms. The van der Waals surface area contributed by atoms with Crippen molar-refractivity contribution in [3.63, 3.8) is 0 Å². The summed E-state index contributed by atoms with van der Waals surface area (Å²) in [6.07, 6.45) is 0. The molecule has 1 nitrogen and oxygen atoms in total. The Labute approximate surface area is 130 Å². The number of rotatable bonds is 5. The zero-order valence-electron chi connectivity index (χ0n) is 12.1. The normalized spacial score (nSPS) is 12.4. The number of halogens is 1. The maximum atomic E-state index is 6.41. The molecule has 1 unspecified atom stereocenters. The van der Waals surface area contributed by atoms with Gasteiger partial charge in [-0.2, -0.15) is 0 Å². The fourth-order valence-corrected chi connectivity index (χ4v) is 3.49. The fraction of sp³-hybridized carbons (Fsp3) is 0.294. The molecular formula is C17H20ClNS. The minimum Gasteiger partial charge on any atom is -0.310 e. The van der Waals surface area contributed by atoms with Gasteiger partial charge in [-0.15, -0.1) is 0 Å². The summed E-state index contributed by atoms with van der Waals surface area (Å²) in [6, 6.07) is 15.0. The predicted octanol–water partition coefficient (Wildman–Crippen LogP) is 5.47. The molecule has 1 atom stereocenters. The average molecular weight is 306 g/mol. The molecule has 0 amide bonds. The number of nitrogens with one attached hydrogen (secondary N) is 1. The van der Waals surface area contributed by atoms with Crippen LogP contribution in [0.5, 0.6) is 0 Å². The lowest BCUT2D eigenvalue weighted by Crippen LogP contribution is -2.17. The summed E-state index contributed by atoms with van der Waals surface area (Å²) in [5.74, 6) is 0. The highest BCUT2D eigenvalue weighted by molar-refractivity contribution is 7.99. The van der Waals surface area contributed by atoms with Gasteiger partial charge in [0.1, 0.15) is 0 Å². The molecular weight excluding hydrogens is 286 g/mol. The van der Waals surface area contributed by atoms with Gasteiger partial charge in [0.15, 0.2) is 0 Å². The van der Waals surface area contributed by atoms with E-state index in [1.807, 2.05) is 0 Å². The van der Waals surface area contributed by atoms with Crippen LogP contribution in [0.1, 0.15) is 31.0 Å². The van der Waals surface area contributed by atoms with Crippen LogP contribution in [0, 0.1) is 6.92 Å². The molecule has 0 saturated heterocycles. The maximum absolute atomic E-state index is 6.41. The molecule has 20 heavy (non-hydrogen) atoms. The quantitative estimate of drug-likeness (QED) is 0.786. The first-order valence-corrected chi connectivity index (χ1v) is 8.07. The second-order valence-corrected chi connectivity index (χ2v) is 6.35. The van der Waals surface area contributed by atoms with Crippen molar-refractivity contribution in [1.29, 1.82) is 0 Å². The molecule has 106 valence electrons. The topological polar surface area (TPSA) is 12.0 Å². The number of hydrogen-bond acceptors (Lipinski definition) is 2. The zero-order chi connectivity index (χ0) is 14.5. The van der Waals surface area contributed by atoms with Gasteiger partial charge >= 0.3 is 0 Å². The number of aryl methyl sites for hydroxylation is 1. The second-order valence-electron chi connectivity index (χ2n) is 4.83. The Kier molecular flexibility index (Phi) is 5.53. The third-order valence-electron chi connectivity index (χ3n) is 3.27. The second kappa shape index (κ2) is 7.16. The number of hydrogen-bond donors (Lipinski definition) is 1. The van der Waals surface area contributed by atoms with Crippen molar-refractivity contribution in [3.05, 3.63) is 58.6 Å². The fourth-order valence-electron chi connectivity index (χ4n) is 2.14. The Balaban J connectivity index is 2.19. The lowest BCUT2D eigenvalue weighted by atomic mass is 10.1. The minimum absolute atomic E-state index is 0.282. The predicted molar refractivity (Wildman–Crippen MR) is 88.8 cm³/mol. The van der Waals surface area contributed by atoms with Crippen LogP contribution in [0.15, 0.2) is 52.3 Å². The molecule has 0 aliphatic carbocycles. The molecule has 3 heteroatoms. The highest BCUT2D eigenvalue weighted by Crippen LogP contribution is 2.34. The first-order chi connectivity index (χ1) is 9.61. The first kappa shape index (κ1) is 15.4. The zero-order valence-corrected chi connectivity index (χ0v) is 13.7. The molecule has 0 aliphatic rings. The molecule has 1 N–H and O–H groups in total. The van der Waals surface area contributed by atoms with Crippen molar-refractivity contribution in [2.75, 3.05) is 6.54 Å². The standard InChI is InChI=1S/C17H20ClNS/c1-4-19-13(3)15-10-9-14(11-16(15)18)20-17-8-6-5-7-12(17)2/h5-11,13,19H,4H2,1-3H3. The van der Waals surface area contributed by atoms with Gasteiger partial charge in [-0.3, -0.25) is 0 Å². The van der Waals surface area contributed by atoms with Crippen LogP contribution in [-0.2, 0) is 0 Å². The Morgan fingerprint density at radius 3 is 2.60 bits per heavy atom. The van der Waals surface area contributed by atoms with Crippen LogP contribution in [0.4, 0.5) is 0 Å². The summed E-state index contributed by atoms with van der Waals surface area (Å²) < 4.78 is 0. The summed E-state index contributed by atoms with van der Waals surface area (Å²) >= 11 is 8.17. The smallest absolute Gasteiger partial charge is 0.0464 e. The van der Waals surface area contributed by atoms with Crippen LogP contribution >= 0.6 is 23.4 Å². The molecule has 0 radical (unpaired) electrons. The Morgan fingerprint density at radius 1 is 1.20 bits per heavy atom. The van der Waals surface area contributed by atoms with E-state index in [4.69, 9.17) is 11.6 Å². The van der Waals surface area contributed by atoms with E-state index in [1.54, 1.807) is 11.8 Å². The van der Waals surface area contributed by atoms with Gasteiger partial charge < -0.3 is 5.32 Å². The van der Waals surface area contributed by atoms with Crippen molar-refractivity contribution in [1.82, 2.24) is 5.32 Å². The molecule has 0 bridgehead atoms. The van der Waals surface area contributed by atoms with E-state index >= 15 is 0 Å². The van der Waals surface area contributed by atoms with Crippen molar-refractivity contribution in [3.8, 4) is 0 Å². The van der Waals surface area contributed by atoms with Crippen LogP contribution < -0.4 is 5.32 Å². The summed E-state index contributed by atoms with van der Waals surface area (Å²) in [6.45, 7) is 7.31. The van der Waals surface area contributed by atoms with Crippen LogP contribution in [-0.4, -0.2) is 6.54 Å². The van der Waals surface area contributed by atoms with Gasteiger partial charge in [-0.1, -0.05) is 54.6 Å². The van der Waals surface area contributed by atoms with Gasteiger partial charge in [-0.25, -0.2) is 0 Å². The van der Waals surface area contributed by atoms with Crippen LogP contribution in [0.3, 0.4) is 0 Å². The molecule has 0 fully saturated rings. The van der Waals surface area contributed by atoms with E-state index < -0.39 is 0 Å². The molecule has 2 aromatic rings. The van der Waals surface area contributed by atoms with E-state index in [-0.39, 0.29) is 6.04 Å². The van der Waals surface area contributed by atoms with E-state index in [0.29, 0.717) is 0 Å². The average Bonchev–Trinajstić information content (AvgIpc) is 2.42. The molecule has 0 saturated carbocycles. The van der Waals surface area contributed by atoms with Crippen LogP contribution in [0.25, 0.3) is 0 Å². The van der Waals surface area contributed by atoms with Crippen molar-refractivity contribution >= 4 is 23.4 Å². The third kappa shape index (κ3) is 3.78. The van der Waals surface area contributed by atoms with Gasteiger partial charge in [0, 0.05) is 20.9 Å². The lowest BCUT2D eigenvalue weighted by molar-refractivity contribution is 0.598. The van der Waals surface area contributed by atoms with Gasteiger partial charge in [0.25, 0.3) is 0 Å². The monoisotopic (exact) mass is 305 g/mol. The maximum Gasteiger partial charge on any atom is 0.0464 e. The first-order valence-electron chi connectivity index (χ1n) is 6.88. The SMILES string of the molecule is CCNC(C)c1ccc(Sc2ccccc2C)cc1Cl.